The summed E-state index contributed by atoms with van der Waals surface area (Å²) in [4.78, 5) is 8.18. The van der Waals surface area contributed by atoms with Crippen LogP contribution in [0, 0.1) is 0 Å². The van der Waals surface area contributed by atoms with Gasteiger partial charge in [0.2, 0.25) is 0 Å². The SMILES string of the molecule is c1ccc2oc(-c3n[nH]c4cccc(-c5nc6ccccc6[nH]5)c34)cc2c1. The molecule has 128 valence electrons. The highest BCUT2D eigenvalue weighted by Crippen LogP contribution is 2.36. The Hall–Kier alpha value is -3.86. The Morgan fingerprint density at radius 3 is 2.59 bits per heavy atom. The molecule has 0 spiro atoms. The summed E-state index contributed by atoms with van der Waals surface area (Å²) in [6.45, 7) is 0. The van der Waals surface area contributed by atoms with Crippen molar-refractivity contribution in [3.63, 3.8) is 0 Å². The van der Waals surface area contributed by atoms with Crippen LogP contribution in [0.25, 0.3) is 55.7 Å². The summed E-state index contributed by atoms with van der Waals surface area (Å²) < 4.78 is 6.06. The smallest absolute Gasteiger partial charge is 0.156 e. The Balaban J connectivity index is 1.63. The van der Waals surface area contributed by atoms with Crippen molar-refractivity contribution in [2.24, 2.45) is 0 Å². The third kappa shape index (κ3) is 2.12. The topological polar surface area (TPSA) is 70.5 Å². The van der Waals surface area contributed by atoms with Gasteiger partial charge in [0, 0.05) is 16.3 Å². The van der Waals surface area contributed by atoms with Crippen LogP contribution in [0.4, 0.5) is 0 Å². The molecular formula is C22H14N4O. The van der Waals surface area contributed by atoms with Gasteiger partial charge in [-0.3, -0.25) is 5.10 Å². The van der Waals surface area contributed by atoms with E-state index in [9.17, 15) is 0 Å². The van der Waals surface area contributed by atoms with Gasteiger partial charge in [0.05, 0.1) is 16.6 Å². The first-order chi connectivity index (χ1) is 13.4. The second-order valence-electron chi connectivity index (χ2n) is 6.55. The highest BCUT2D eigenvalue weighted by atomic mass is 16.3. The number of hydrogen-bond acceptors (Lipinski definition) is 3. The molecule has 0 radical (unpaired) electrons. The third-order valence-electron chi connectivity index (χ3n) is 4.89. The Labute approximate surface area is 153 Å². The van der Waals surface area contributed by atoms with Crippen molar-refractivity contribution in [2.45, 2.75) is 0 Å². The lowest BCUT2D eigenvalue weighted by molar-refractivity contribution is 0.629. The van der Waals surface area contributed by atoms with Gasteiger partial charge in [-0.1, -0.05) is 42.5 Å². The molecule has 0 unspecified atom stereocenters. The lowest BCUT2D eigenvalue weighted by Gasteiger charge is -2.01. The number of furan rings is 1. The van der Waals surface area contributed by atoms with Crippen molar-refractivity contribution in [1.82, 2.24) is 20.2 Å². The maximum atomic E-state index is 6.06. The Bertz CT molecular complexity index is 1370. The minimum absolute atomic E-state index is 0.742. The van der Waals surface area contributed by atoms with Crippen LogP contribution in [0.15, 0.2) is 77.2 Å². The molecule has 0 bridgehead atoms. The summed E-state index contributed by atoms with van der Waals surface area (Å²) in [5.41, 5.74) is 5.54. The van der Waals surface area contributed by atoms with E-state index in [1.54, 1.807) is 0 Å². The summed E-state index contributed by atoms with van der Waals surface area (Å²) in [5.74, 6) is 1.56. The van der Waals surface area contributed by atoms with E-state index in [1.807, 2.05) is 66.7 Å². The minimum atomic E-state index is 0.742. The summed E-state index contributed by atoms with van der Waals surface area (Å²) >= 11 is 0. The van der Waals surface area contributed by atoms with E-state index < -0.39 is 0 Å². The van der Waals surface area contributed by atoms with Gasteiger partial charge in [-0.25, -0.2) is 4.98 Å². The molecule has 0 aliphatic heterocycles. The molecule has 0 aliphatic rings. The molecule has 2 N–H and O–H groups in total. The molecule has 6 rings (SSSR count). The fourth-order valence-electron chi connectivity index (χ4n) is 3.63. The van der Waals surface area contributed by atoms with Crippen LogP contribution in [0.3, 0.4) is 0 Å². The molecule has 0 fully saturated rings. The second-order valence-corrected chi connectivity index (χ2v) is 6.55. The average Bonchev–Trinajstić information content (AvgIpc) is 3.42. The summed E-state index contributed by atoms with van der Waals surface area (Å²) in [5, 5.41) is 9.72. The maximum absolute atomic E-state index is 6.06. The standard InChI is InChI=1S/C22H14N4O/c1-4-11-18-13(6-1)12-19(27-18)21-20-14(7-5-10-17(20)25-26-21)22-23-15-8-2-3-9-16(15)24-22/h1-12H,(H,23,24)(H,25,26). The van der Waals surface area contributed by atoms with Crippen LogP contribution in [-0.2, 0) is 0 Å². The first-order valence-electron chi connectivity index (χ1n) is 8.78. The van der Waals surface area contributed by atoms with Crippen LogP contribution in [0.1, 0.15) is 0 Å². The van der Waals surface area contributed by atoms with E-state index in [1.165, 1.54) is 0 Å². The van der Waals surface area contributed by atoms with Crippen LogP contribution < -0.4 is 0 Å². The molecular weight excluding hydrogens is 336 g/mol. The Morgan fingerprint density at radius 1 is 0.815 bits per heavy atom. The van der Waals surface area contributed by atoms with Crippen molar-refractivity contribution in [3.05, 3.63) is 72.8 Å². The molecule has 3 heterocycles. The van der Waals surface area contributed by atoms with Crippen LogP contribution in [-0.4, -0.2) is 20.2 Å². The van der Waals surface area contributed by atoms with Crippen LogP contribution in [0.5, 0.6) is 0 Å². The lowest BCUT2D eigenvalue weighted by atomic mass is 10.1. The summed E-state index contributed by atoms with van der Waals surface area (Å²) in [7, 11) is 0. The number of para-hydroxylation sites is 3. The van der Waals surface area contributed by atoms with Gasteiger partial charge in [0.1, 0.15) is 17.1 Å². The minimum Gasteiger partial charge on any atom is -0.454 e. The molecule has 5 heteroatoms. The molecule has 3 aromatic carbocycles. The van der Waals surface area contributed by atoms with Gasteiger partial charge in [-0.15, -0.1) is 0 Å². The Kier molecular flexibility index (Phi) is 2.82. The van der Waals surface area contributed by atoms with Crippen molar-refractivity contribution < 1.29 is 4.42 Å². The van der Waals surface area contributed by atoms with Gasteiger partial charge in [0.25, 0.3) is 0 Å². The predicted molar refractivity (Wildman–Crippen MR) is 106 cm³/mol. The second kappa shape index (κ2) is 5.32. The first-order valence-corrected chi connectivity index (χ1v) is 8.78. The monoisotopic (exact) mass is 350 g/mol. The van der Waals surface area contributed by atoms with E-state index >= 15 is 0 Å². The van der Waals surface area contributed by atoms with Gasteiger partial charge in [-0.2, -0.15) is 5.10 Å². The van der Waals surface area contributed by atoms with E-state index in [2.05, 4.69) is 21.2 Å². The molecule has 0 aliphatic carbocycles. The van der Waals surface area contributed by atoms with Crippen LogP contribution in [0.2, 0.25) is 0 Å². The fraction of sp³-hybridized carbons (Fsp3) is 0. The number of imidazole rings is 1. The molecule has 27 heavy (non-hydrogen) atoms. The van der Waals surface area contributed by atoms with E-state index in [0.717, 1.165) is 55.7 Å². The van der Waals surface area contributed by atoms with E-state index in [-0.39, 0.29) is 0 Å². The summed E-state index contributed by atoms with van der Waals surface area (Å²) in [6.07, 6.45) is 0. The molecule has 5 nitrogen and oxygen atoms in total. The van der Waals surface area contributed by atoms with E-state index in [4.69, 9.17) is 9.40 Å². The molecule has 0 amide bonds. The average molecular weight is 350 g/mol. The van der Waals surface area contributed by atoms with Crippen molar-refractivity contribution in [2.75, 3.05) is 0 Å². The summed E-state index contributed by atoms with van der Waals surface area (Å²) in [6, 6.07) is 24.1. The first kappa shape index (κ1) is 14.3. The third-order valence-corrected chi connectivity index (χ3v) is 4.89. The molecule has 3 aromatic heterocycles. The van der Waals surface area contributed by atoms with Crippen molar-refractivity contribution >= 4 is 32.9 Å². The zero-order chi connectivity index (χ0) is 17.8. The zero-order valence-corrected chi connectivity index (χ0v) is 14.2. The number of rotatable bonds is 2. The van der Waals surface area contributed by atoms with Gasteiger partial charge < -0.3 is 9.40 Å². The highest BCUT2D eigenvalue weighted by Gasteiger charge is 2.18. The fourth-order valence-corrected chi connectivity index (χ4v) is 3.63. The maximum Gasteiger partial charge on any atom is 0.156 e. The normalized spacial score (nSPS) is 11.7. The van der Waals surface area contributed by atoms with Crippen molar-refractivity contribution in [1.29, 1.82) is 0 Å². The number of aromatic nitrogens is 4. The number of nitrogens with zero attached hydrogens (tertiary/aromatic N) is 2. The lowest BCUT2D eigenvalue weighted by Crippen LogP contribution is -1.83. The van der Waals surface area contributed by atoms with Crippen molar-refractivity contribution in [3.8, 4) is 22.8 Å². The number of fused-ring (bicyclic) bond motifs is 3. The van der Waals surface area contributed by atoms with Gasteiger partial charge in [-0.05, 0) is 30.3 Å². The molecule has 0 saturated heterocycles. The largest absolute Gasteiger partial charge is 0.454 e. The molecule has 6 aromatic rings. The van der Waals surface area contributed by atoms with Gasteiger partial charge in [0.15, 0.2) is 5.76 Å². The zero-order valence-electron chi connectivity index (χ0n) is 14.2. The number of nitrogens with one attached hydrogen (secondary N) is 2. The Morgan fingerprint density at radius 2 is 1.67 bits per heavy atom. The predicted octanol–water partition coefficient (Wildman–Crippen LogP) is 5.52. The number of hydrogen-bond donors (Lipinski definition) is 2. The van der Waals surface area contributed by atoms with Gasteiger partial charge >= 0.3 is 0 Å². The molecule has 0 atom stereocenters. The quantitative estimate of drug-likeness (QED) is 0.432. The number of aromatic amines is 2. The molecule has 0 saturated carbocycles. The van der Waals surface area contributed by atoms with Crippen LogP contribution >= 0.6 is 0 Å². The highest BCUT2D eigenvalue weighted by molar-refractivity contribution is 6.03. The number of benzene rings is 3. The number of H-pyrrole nitrogens is 2. The van der Waals surface area contributed by atoms with E-state index in [0.29, 0.717) is 0 Å².